The summed E-state index contributed by atoms with van der Waals surface area (Å²) < 4.78 is 5.08. The minimum atomic E-state index is -0.133. The molecule has 0 radical (unpaired) electrons. The Hall–Kier alpha value is -2.10. The number of hydrogen-bond donors (Lipinski definition) is 1. The second-order valence-corrected chi connectivity index (χ2v) is 3.53. The molecule has 4 heteroatoms. The van der Waals surface area contributed by atoms with Gasteiger partial charge in [0.05, 0.1) is 12.7 Å². The summed E-state index contributed by atoms with van der Waals surface area (Å²) >= 11 is 0. The summed E-state index contributed by atoms with van der Waals surface area (Å²) in [6.45, 7) is 1.95. The summed E-state index contributed by atoms with van der Waals surface area (Å²) in [6.07, 6.45) is 3.48. The summed E-state index contributed by atoms with van der Waals surface area (Å²) in [5, 5.41) is 2.70. The summed E-state index contributed by atoms with van der Waals surface area (Å²) in [6, 6.07) is 7.19. The molecule has 2 rings (SSSR count). The van der Waals surface area contributed by atoms with Crippen LogP contribution in [0.3, 0.4) is 0 Å². The number of nitrogens with one attached hydrogen (secondary N) is 1. The molecule has 0 aromatic carbocycles. The lowest BCUT2D eigenvalue weighted by Crippen LogP contribution is -2.14. The third-order valence-electron chi connectivity index (χ3n) is 2.09. The van der Waals surface area contributed by atoms with Crippen molar-refractivity contribution in [3.05, 3.63) is 48.0 Å². The van der Waals surface area contributed by atoms with Crippen LogP contribution >= 0.6 is 0 Å². The van der Waals surface area contributed by atoms with Crippen LogP contribution in [0, 0.1) is 6.92 Å². The van der Waals surface area contributed by atoms with Crippen molar-refractivity contribution >= 4 is 11.7 Å². The zero-order chi connectivity index (χ0) is 11.4. The van der Waals surface area contributed by atoms with Gasteiger partial charge in [-0.05, 0) is 30.7 Å². The average Bonchev–Trinajstić information content (AvgIpc) is 2.74. The fourth-order valence-electron chi connectivity index (χ4n) is 1.30. The van der Waals surface area contributed by atoms with E-state index < -0.39 is 0 Å². The lowest BCUT2D eigenvalue weighted by Gasteiger charge is -2.02. The van der Waals surface area contributed by atoms with Gasteiger partial charge in [0, 0.05) is 6.20 Å². The molecule has 2 heterocycles. The molecule has 0 bridgehead atoms. The van der Waals surface area contributed by atoms with E-state index in [1.54, 1.807) is 30.7 Å². The van der Waals surface area contributed by atoms with Crippen LogP contribution in [0.4, 0.5) is 5.82 Å². The number of pyridine rings is 1. The van der Waals surface area contributed by atoms with Crippen LogP contribution in [0.25, 0.3) is 0 Å². The molecule has 82 valence electrons. The molecule has 0 aliphatic heterocycles. The molecule has 0 atom stereocenters. The van der Waals surface area contributed by atoms with E-state index in [4.69, 9.17) is 4.42 Å². The Kier molecular flexibility index (Phi) is 3.00. The number of aryl methyl sites for hydroxylation is 1. The first-order valence-electron chi connectivity index (χ1n) is 4.99. The zero-order valence-electron chi connectivity index (χ0n) is 8.93. The van der Waals surface area contributed by atoms with Crippen LogP contribution < -0.4 is 5.32 Å². The van der Waals surface area contributed by atoms with Gasteiger partial charge in [-0.15, -0.1) is 0 Å². The van der Waals surface area contributed by atoms with Gasteiger partial charge in [-0.3, -0.25) is 4.79 Å². The Balaban J connectivity index is 1.95. The summed E-state index contributed by atoms with van der Waals surface area (Å²) in [7, 11) is 0. The molecule has 0 saturated carbocycles. The van der Waals surface area contributed by atoms with Crippen molar-refractivity contribution in [1.29, 1.82) is 0 Å². The van der Waals surface area contributed by atoms with E-state index in [-0.39, 0.29) is 12.3 Å². The Morgan fingerprint density at radius 2 is 2.31 bits per heavy atom. The monoisotopic (exact) mass is 216 g/mol. The minimum absolute atomic E-state index is 0.133. The normalized spacial score (nSPS) is 10.1. The van der Waals surface area contributed by atoms with Gasteiger partial charge in [-0.1, -0.05) is 6.07 Å². The summed E-state index contributed by atoms with van der Waals surface area (Å²) in [4.78, 5) is 15.6. The molecule has 1 N–H and O–H groups in total. The molecular formula is C12H12N2O2. The van der Waals surface area contributed by atoms with Gasteiger partial charge < -0.3 is 9.73 Å². The molecule has 0 fully saturated rings. The van der Waals surface area contributed by atoms with Gasteiger partial charge in [0.15, 0.2) is 0 Å². The van der Waals surface area contributed by atoms with Crippen LogP contribution in [0.1, 0.15) is 11.3 Å². The first kappa shape index (κ1) is 10.4. The summed E-state index contributed by atoms with van der Waals surface area (Å²) in [5.74, 6) is 1.07. The van der Waals surface area contributed by atoms with Crippen molar-refractivity contribution in [3.8, 4) is 0 Å². The highest BCUT2D eigenvalue weighted by atomic mass is 16.3. The highest BCUT2D eigenvalue weighted by molar-refractivity contribution is 5.90. The lowest BCUT2D eigenvalue weighted by atomic mass is 10.3. The van der Waals surface area contributed by atoms with Crippen molar-refractivity contribution < 1.29 is 9.21 Å². The standard InChI is InChI=1S/C12H12N2O2/c1-9-4-5-11(13-8-9)14-12(15)7-10-3-2-6-16-10/h2-6,8H,7H2,1H3,(H,13,14,15). The molecule has 0 saturated heterocycles. The SMILES string of the molecule is Cc1ccc(NC(=O)Cc2ccco2)nc1. The van der Waals surface area contributed by atoms with Crippen molar-refractivity contribution in [2.75, 3.05) is 5.32 Å². The fraction of sp³-hybridized carbons (Fsp3) is 0.167. The third-order valence-corrected chi connectivity index (χ3v) is 2.09. The topological polar surface area (TPSA) is 55.1 Å². The van der Waals surface area contributed by atoms with Gasteiger partial charge in [0.2, 0.25) is 5.91 Å². The smallest absolute Gasteiger partial charge is 0.233 e. The number of nitrogens with zero attached hydrogens (tertiary/aromatic N) is 1. The van der Waals surface area contributed by atoms with Crippen molar-refractivity contribution in [3.63, 3.8) is 0 Å². The maximum atomic E-state index is 11.6. The quantitative estimate of drug-likeness (QED) is 0.855. The van der Waals surface area contributed by atoms with E-state index >= 15 is 0 Å². The van der Waals surface area contributed by atoms with E-state index in [1.807, 2.05) is 13.0 Å². The van der Waals surface area contributed by atoms with Gasteiger partial charge in [0.25, 0.3) is 0 Å². The first-order chi connectivity index (χ1) is 7.74. The Bertz CT molecular complexity index is 460. The molecule has 0 spiro atoms. The van der Waals surface area contributed by atoms with E-state index in [0.29, 0.717) is 11.6 Å². The largest absolute Gasteiger partial charge is 0.469 e. The molecular weight excluding hydrogens is 204 g/mol. The molecule has 0 unspecified atom stereocenters. The molecule has 16 heavy (non-hydrogen) atoms. The van der Waals surface area contributed by atoms with Crippen LogP contribution in [-0.2, 0) is 11.2 Å². The molecule has 1 amide bonds. The van der Waals surface area contributed by atoms with Gasteiger partial charge in [-0.2, -0.15) is 0 Å². The lowest BCUT2D eigenvalue weighted by molar-refractivity contribution is -0.115. The van der Waals surface area contributed by atoms with Gasteiger partial charge in [0.1, 0.15) is 11.6 Å². The minimum Gasteiger partial charge on any atom is -0.469 e. The Morgan fingerprint density at radius 1 is 1.44 bits per heavy atom. The van der Waals surface area contributed by atoms with E-state index in [9.17, 15) is 4.79 Å². The number of hydrogen-bond acceptors (Lipinski definition) is 3. The maximum absolute atomic E-state index is 11.6. The molecule has 0 aliphatic carbocycles. The highest BCUT2D eigenvalue weighted by Gasteiger charge is 2.06. The van der Waals surface area contributed by atoms with Crippen molar-refractivity contribution in [1.82, 2.24) is 4.98 Å². The van der Waals surface area contributed by atoms with Crippen molar-refractivity contribution in [2.45, 2.75) is 13.3 Å². The number of aromatic nitrogens is 1. The van der Waals surface area contributed by atoms with E-state index in [0.717, 1.165) is 5.56 Å². The predicted molar refractivity (Wildman–Crippen MR) is 60.0 cm³/mol. The fourth-order valence-corrected chi connectivity index (χ4v) is 1.30. The number of carbonyl (C=O) groups is 1. The highest BCUT2D eigenvalue weighted by Crippen LogP contribution is 2.06. The van der Waals surface area contributed by atoms with Gasteiger partial charge >= 0.3 is 0 Å². The Labute approximate surface area is 93.3 Å². The van der Waals surface area contributed by atoms with Crippen LogP contribution in [0.5, 0.6) is 0 Å². The average molecular weight is 216 g/mol. The number of anilines is 1. The molecule has 2 aromatic rings. The number of amides is 1. The number of rotatable bonds is 3. The molecule has 2 aromatic heterocycles. The van der Waals surface area contributed by atoms with Crippen LogP contribution in [0.15, 0.2) is 41.1 Å². The second kappa shape index (κ2) is 4.61. The van der Waals surface area contributed by atoms with Gasteiger partial charge in [-0.25, -0.2) is 4.98 Å². The van der Waals surface area contributed by atoms with Crippen molar-refractivity contribution in [2.24, 2.45) is 0 Å². The van der Waals surface area contributed by atoms with E-state index in [1.165, 1.54) is 0 Å². The maximum Gasteiger partial charge on any atom is 0.233 e. The predicted octanol–water partition coefficient (Wildman–Crippen LogP) is 2.16. The molecule has 0 aliphatic rings. The number of carbonyl (C=O) groups excluding carboxylic acids is 1. The van der Waals surface area contributed by atoms with Crippen LogP contribution in [-0.4, -0.2) is 10.9 Å². The summed E-state index contributed by atoms with van der Waals surface area (Å²) in [5.41, 5.74) is 1.06. The number of furan rings is 1. The van der Waals surface area contributed by atoms with E-state index in [2.05, 4.69) is 10.3 Å². The zero-order valence-corrected chi connectivity index (χ0v) is 8.93. The van der Waals surface area contributed by atoms with Crippen LogP contribution in [0.2, 0.25) is 0 Å². The first-order valence-corrected chi connectivity index (χ1v) is 4.99. The second-order valence-electron chi connectivity index (χ2n) is 3.53. The third kappa shape index (κ3) is 2.70. The Morgan fingerprint density at radius 3 is 2.94 bits per heavy atom. The molecule has 4 nitrogen and oxygen atoms in total.